The number of rotatable bonds is 4. The fraction of sp³-hybridized carbons (Fsp3) is 0.143. The summed E-state index contributed by atoms with van der Waals surface area (Å²) in [6.07, 6.45) is 2.96. The van der Waals surface area contributed by atoms with Crippen LogP contribution in [0.2, 0.25) is 0 Å². The summed E-state index contributed by atoms with van der Waals surface area (Å²) >= 11 is 2.89. The fourth-order valence-corrected chi connectivity index (χ4v) is 3.01. The second kappa shape index (κ2) is 6.43. The molecule has 0 amide bonds. The predicted octanol–water partition coefficient (Wildman–Crippen LogP) is 2.81. The summed E-state index contributed by atoms with van der Waals surface area (Å²) in [5.41, 5.74) is 0.643. The van der Waals surface area contributed by atoms with Gasteiger partial charge < -0.3 is 5.32 Å². The molecule has 0 atom stereocenters. The molecule has 0 bridgehead atoms. The third-order valence-electron chi connectivity index (χ3n) is 2.64. The summed E-state index contributed by atoms with van der Waals surface area (Å²) < 4.78 is 0. The van der Waals surface area contributed by atoms with Gasteiger partial charge in [0.15, 0.2) is 11.3 Å². The highest BCUT2D eigenvalue weighted by Gasteiger charge is 2.02. The number of carbonyl (C=O) groups excluding carboxylic acids is 1. The minimum absolute atomic E-state index is 0.457. The van der Waals surface area contributed by atoms with Crippen molar-refractivity contribution in [2.75, 3.05) is 11.9 Å². The van der Waals surface area contributed by atoms with E-state index in [1.165, 1.54) is 11.3 Å². The van der Waals surface area contributed by atoms with Crippen LogP contribution in [0.25, 0.3) is 10.2 Å². The Balaban J connectivity index is 1.57. The highest BCUT2D eigenvalue weighted by Crippen LogP contribution is 2.23. The van der Waals surface area contributed by atoms with Crippen molar-refractivity contribution in [1.82, 2.24) is 15.0 Å². The number of nitrogens with one attached hydrogen (secondary N) is 1. The van der Waals surface area contributed by atoms with Gasteiger partial charge in [-0.15, -0.1) is 22.7 Å². The largest absolute Gasteiger partial charge is 0.368 e. The summed E-state index contributed by atoms with van der Waals surface area (Å²) in [6.45, 7) is 0.694. The monoisotopic (exact) mass is 314 g/mol. The van der Waals surface area contributed by atoms with Gasteiger partial charge in [-0.05, 0) is 17.4 Å². The molecule has 0 unspecified atom stereocenters. The van der Waals surface area contributed by atoms with Crippen LogP contribution in [-0.4, -0.2) is 27.8 Å². The molecule has 3 rings (SSSR count). The number of nitrogens with zero attached hydrogens (tertiary/aromatic N) is 3. The molecule has 0 fully saturated rings. The van der Waals surface area contributed by atoms with Crippen molar-refractivity contribution in [2.45, 2.75) is 6.42 Å². The van der Waals surface area contributed by atoms with Gasteiger partial charge in [0.25, 0.3) is 0 Å². The van der Waals surface area contributed by atoms with Crippen LogP contribution < -0.4 is 5.32 Å². The number of hydrogen-bond donors (Lipinski definition) is 1. The first-order chi connectivity index (χ1) is 10.4. The maximum absolute atomic E-state index is 10.5. The summed E-state index contributed by atoms with van der Waals surface area (Å²) in [7, 11) is 0. The van der Waals surface area contributed by atoms with E-state index in [0.717, 1.165) is 22.3 Å². The quantitative estimate of drug-likeness (QED) is 0.455. The van der Waals surface area contributed by atoms with Crippen molar-refractivity contribution < 1.29 is 4.79 Å². The highest BCUT2D eigenvalue weighted by molar-refractivity contribution is 7.16. The zero-order valence-corrected chi connectivity index (χ0v) is 12.5. The van der Waals surface area contributed by atoms with Crippen molar-refractivity contribution >= 4 is 45.0 Å². The number of thiophene rings is 1. The molecule has 7 heteroatoms. The molecular weight excluding hydrogens is 304 g/mol. The Morgan fingerprint density at radius 3 is 3.14 bits per heavy atom. The van der Waals surface area contributed by atoms with Crippen LogP contribution in [0.3, 0.4) is 0 Å². The number of thiazole rings is 1. The minimum Gasteiger partial charge on any atom is -0.368 e. The van der Waals surface area contributed by atoms with Gasteiger partial charge in [-0.25, -0.2) is 15.0 Å². The van der Waals surface area contributed by atoms with E-state index in [1.807, 2.05) is 11.4 Å². The van der Waals surface area contributed by atoms with Crippen LogP contribution in [0.1, 0.15) is 21.9 Å². The summed E-state index contributed by atoms with van der Waals surface area (Å²) in [4.78, 5) is 24.0. The molecule has 0 spiro atoms. The maximum atomic E-state index is 10.5. The summed E-state index contributed by atoms with van der Waals surface area (Å²) in [5, 5.41) is 8.52. The van der Waals surface area contributed by atoms with E-state index in [4.69, 9.17) is 0 Å². The normalized spacial score (nSPS) is 10.1. The molecule has 5 nitrogen and oxygen atoms in total. The molecule has 3 aromatic rings. The summed E-state index contributed by atoms with van der Waals surface area (Å²) in [5.74, 6) is 6.80. The molecule has 0 aliphatic rings. The van der Waals surface area contributed by atoms with Gasteiger partial charge in [0, 0.05) is 18.3 Å². The Morgan fingerprint density at radius 1 is 1.33 bits per heavy atom. The molecule has 3 aromatic heterocycles. The Hall–Kier alpha value is -2.30. The molecule has 21 heavy (non-hydrogen) atoms. The van der Waals surface area contributed by atoms with E-state index >= 15 is 0 Å². The molecule has 0 saturated carbocycles. The van der Waals surface area contributed by atoms with Crippen molar-refractivity contribution in [3.8, 4) is 11.8 Å². The predicted molar refractivity (Wildman–Crippen MR) is 84.9 cm³/mol. The average molecular weight is 314 g/mol. The molecule has 104 valence electrons. The molecule has 0 aromatic carbocycles. The molecular formula is C14H10N4OS2. The Kier molecular flexibility index (Phi) is 4.19. The number of aromatic nitrogens is 3. The zero-order chi connectivity index (χ0) is 14.5. The summed E-state index contributed by atoms with van der Waals surface area (Å²) in [6, 6.07) is 2.00. The highest BCUT2D eigenvalue weighted by atomic mass is 32.1. The first-order valence-corrected chi connectivity index (χ1v) is 7.94. The number of aldehydes is 1. The van der Waals surface area contributed by atoms with Gasteiger partial charge >= 0.3 is 0 Å². The SMILES string of the molecule is O=Cc1nc(C#CCCNc2ncnc3sccc23)cs1. The number of hydrogen-bond acceptors (Lipinski definition) is 7. The lowest BCUT2D eigenvalue weighted by molar-refractivity contribution is 0.112. The van der Waals surface area contributed by atoms with Gasteiger partial charge in [0.2, 0.25) is 0 Å². The van der Waals surface area contributed by atoms with E-state index in [2.05, 4.69) is 32.1 Å². The molecule has 3 heterocycles. The Bertz CT molecular complexity index is 828. The van der Waals surface area contributed by atoms with Gasteiger partial charge in [0.05, 0.1) is 5.39 Å². The third kappa shape index (κ3) is 3.24. The van der Waals surface area contributed by atoms with Gasteiger partial charge in [-0.3, -0.25) is 4.79 Å². The van der Waals surface area contributed by atoms with Crippen LogP contribution in [0.4, 0.5) is 5.82 Å². The van der Waals surface area contributed by atoms with Crippen LogP contribution in [-0.2, 0) is 0 Å². The zero-order valence-electron chi connectivity index (χ0n) is 10.9. The topological polar surface area (TPSA) is 67.8 Å². The smallest absolute Gasteiger partial charge is 0.178 e. The van der Waals surface area contributed by atoms with Crippen molar-refractivity contribution in [3.63, 3.8) is 0 Å². The van der Waals surface area contributed by atoms with Crippen LogP contribution in [0.5, 0.6) is 0 Å². The first kappa shape index (κ1) is 13.7. The van der Waals surface area contributed by atoms with E-state index in [0.29, 0.717) is 23.7 Å². The standard InChI is InChI=1S/C14H10N4OS2/c19-7-12-18-10(8-21-12)3-1-2-5-15-13-11-4-6-20-14(11)17-9-16-13/h4,6-9H,2,5H2,(H,15,16,17). The molecule has 1 N–H and O–H groups in total. The first-order valence-electron chi connectivity index (χ1n) is 6.18. The minimum atomic E-state index is 0.457. The molecule has 0 radical (unpaired) electrons. The lowest BCUT2D eigenvalue weighted by atomic mass is 10.3. The Morgan fingerprint density at radius 2 is 2.29 bits per heavy atom. The number of carbonyl (C=O) groups is 1. The van der Waals surface area contributed by atoms with E-state index in [9.17, 15) is 4.79 Å². The second-order valence-corrected chi connectivity index (χ2v) is 5.81. The van der Waals surface area contributed by atoms with E-state index < -0.39 is 0 Å². The van der Waals surface area contributed by atoms with E-state index in [1.54, 1.807) is 23.0 Å². The Labute approximate surface area is 129 Å². The lowest BCUT2D eigenvalue weighted by Gasteiger charge is -2.03. The molecule has 0 aliphatic carbocycles. The maximum Gasteiger partial charge on any atom is 0.178 e. The number of fused-ring (bicyclic) bond motifs is 1. The van der Waals surface area contributed by atoms with Crippen LogP contribution in [0, 0.1) is 11.8 Å². The molecule has 0 saturated heterocycles. The van der Waals surface area contributed by atoms with Gasteiger partial charge in [-0.1, -0.05) is 5.92 Å². The van der Waals surface area contributed by atoms with Crippen molar-refractivity contribution in [3.05, 3.63) is 33.9 Å². The third-order valence-corrected chi connectivity index (χ3v) is 4.23. The van der Waals surface area contributed by atoms with Crippen molar-refractivity contribution in [1.29, 1.82) is 0 Å². The van der Waals surface area contributed by atoms with Gasteiger partial charge in [-0.2, -0.15) is 0 Å². The lowest BCUT2D eigenvalue weighted by Crippen LogP contribution is -2.02. The second-order valence-electron chi connectivity index (χ2n) is 4.03. The molecule has 0 aliphatic heterocycles. The van der Waals surface area contributed by atoms with Gasteiger partial charge in [0.1, 0.15) is 22.7 Å². The average Bonchev–Trinajstić information content (AvgIpc) is 3.15. The van der Waals surface area contributed by atoms with Crippen LogP contribution >= 0.6 is 22.7 Å². The van der Waals surface area contributed by atoms with E-state index in [-0.39, 0.29) is 0 Å². The van der Waals surface area contributed by atoms with Crippen molar-refractivity contribution in [2.24, 2.45) is 0 Å². The van der Waals surface area contributed by atoms with Crippen LogP contribution in [0.15, 0.2) is 23.2 Å². The fourth-order valence-electron chi connectivity index (χ4n) is 1.73. The number of anilines is 1.